The standard InChI is InChI=1S/C22H34O2/c1-3-11-21-12-9-18-17-8-6-16(23)14-15(17)5-7-19(18)20(21)10-13-22(21,24)4-2/h14,17-20,24H,3-13H2,1-2H3/t17-,18+,19+,20-,21-,22-/m0/s1. The molecule has 0 spiro atoms. The molecule has 0 unspecified atom stereocenters. The third kappa shape index (κ3) is 2.21. The normalized spacial score (nSPS) is 47.6. The van der Waals surface area contributed by atoms with Crippen LogP contribution in [0.5, 0.6) is 0 Å². The first-order valence-electron chi connectivity index (χ1n) is 10.5. The monoisotopic (exact) mass is 330 g/mol. The van der Waals surface area contributed by atoms with Crippen molar-refractivity contribution in [1.29, 1.82) is 0 Å². The van der Waals surface area contributed by atoms with E-state index >= 15 is 0 Å². The Hall–Kier alpha value is -0.630. The summed E-state index contributed by atoms with van der Waals surface area (Å²) >= 11 is 0. The Morgan fingerprint density at radius 3 is 2.67 bits per heavy atom. The molecule has 0 aromatic carbocycles. The molecule has 2 nitrogen and oxygen atoms in total. The van der Waals surface area contributed by atoms with Crippen LogP contribution in [0.4, 0.5) is 0 Å². The van der Waals surface area contributed by atoms with Gasteiger partial charge in [-0.1, -0.05) is 25.8 Å². The summed E-state index contributed by atoms with van der Waals surface area (Å²) in [5, 5.41) is 11.5. The molecule has 2 heteroatoms. The number of hydrogen-bond acceptors (Lipinski definition) is 2. The van der Waals surface area contributed by atoms with Gasteiger partial charge < -0.3 is 5.11 Å². The molecule has 0 aliphatic heterocycles. The highest BCUT2D eigenvalue weighted by atomic mass is 16.3. The molecule has 4 aliphatic carbocycles. The molecule has 1 N–H and O–H groups in total. The highest BCUT2D eigenvalue weighted by Crippen LogP contribution is 2.67. The van der Waals surface area contributed by atoms with Crippen LogP contribution in [0, 0.1) is 29.1 Å². The SMILES string of the molecule is CCC[C@]12CC[C@H]3[C@@H](CCC4=CC(=O)CC[C@@H]43)[C@@H]1CC[C@@]2(O)CC. The van der Waals surface area contributed by atoms with Crippen LogP contribution in [0.3, 0.4) is 0 Å². The summed E-state index contributed by atoms with van der Waals surface area (Å²) in [7, 11) is 0. The third-order valence-corrected chi connectivity index (χ3v) is 8.58. The summed E-state index contributed by atoms with van der Waals surface area (Å²) in [5.41, 5.74) is 1.24. The molecular formula is C22H34O2. The van der Waals surface area contributed by atoms with Gasteiger partial charge in [0.2, 0.25) is 0 Å². The largest absolute Gasteiger partial charge is 0.389 e. The number of allylic oxidation sites excluding steroid dienone is 1. The summed E-state index contributed by atoms with van der Waals surface area (Å²) in [6.07, 6.45) is 14.3. The number of carbonyl (C=O) groups is 1. The summed E-state index contributed by atoms with van der Waals surface area (Å²) in [5.74, 6) is 3.34. The van der Waals surface area contributed by atoms with Crippen molar-refractivity contribution in [3.8, 4) is 0 Å². The van der Waals surface area contributed by atoms with Crippen LogP contribution < -0.4 is 0 Å². The number of fused-ring (bicyclic) bond motifs is 5. The average molecular weight is 331 g/mol. The van der Waals surface area contributed by atoms with Crippen LogP contribution in [-0.4, -0.2) is 16.5 Å². The second-order valence-electron chi connectivity index (χ2n) is 9.17. The quantitative estimate of drug-likeness (QED) is 0.786. The highest BCUT2D eigenvalue weighted by molar-refractivity contribution is 5.91. The van der Waals surface area contributed by atoms with E-state index in [1.165, 1.54) is 44.1 Å². The lowest BCUT2D eigenvalue weighted by Gasteiger charge is -2.57. The second kappa shape index (κ2) is 5.97. The minimum atomic E-state index is -0.419. The van der Waals surface area contributed by atoms with Gasteiger partial charge in [0.1, 0.15) is 0 Å². The molecule has 0 bridgehead atoms. The van der Waals surface area contributed by atoms with Gasteiger partial charge in [-0.25, -0.2) is 0 Å². The van der Waals surface area contributed by atoms with Gasteiger partial charge in [-0.3, -0.25) is 4.79 Å². The van der Waals surface area contributed by atoms with Crippen molar-refractivity contribution in [2.45, 2.75) is 90.1 Å². The van der Waals surface area contributed by atoms with E-state index < -0.39 is 5.60 Å². The molecule has 4 aliphatic rings. The van der Waals surface area contributed by atoms with Gasteiger partial charge in [0.05, 0.1) is 5.60 Å². The third-order valence-electron chi connectivity index (χ3n) is 8.58. The molecule has 0 aromatic heterocycles. The minimum Gasteiger partial charge on any atom is -0.389 e. The molecule has 0 amide bonds. The summed E-state index contributed by atoms with van der Waals surface area (Å²) < 4.78 is 0. The smallest absolute Gasteiger partial charge is 0.155 e. The highest BCUT2D eigenvalue weighted by Gasteiger charge is 2.63. The Balaban J connectivity index is 1.65. The molecule has 6 atom stereocenters. The fourth-order valence-corrected chi connectivity index (χ4v) is 7.63. The van der Waals surface area contributed by atoms with E-state index in [2.05, 4.69) is 13.8 Å². The summed E-state index contributed by atoms with van der Waals surface area (Å²) in [6, 6.07) is 0. The zero-order chi connectivity index (χ0) is 16.9. The van der Waals surface area contributed by atoms with Gasteiger partial charge in [0.15, 0.2) is 5.78 Å². The zero-order valence-corrected chi connectivity index (χ0v) is 15.5. The first kappa shape index (κ1) is 16.8. The van der Waals surface area contributed by atoms with Crippen molar-refractivity contribution in [3.05, 3.63) is 11.6 Å². The number of ketones is 1. The summed E-state index contributed by atoms with van der Waals surface area (Å²) in [4.78, 5) is 11.8. The fraction of sp³-hybridized carbons (Fsp3) is 0.864. The number of carbonyl (C=O) groups excluding carboxylic acids is 1. The van der Waals surface area contributed by atoms with Crippen LogP contribution in [0.25, 0.3) is 0 Å². The van der Waals surface area contributed by atoms with Gasteiger partial charge in [0, 0.05) is 11.8 Å². The molecular weight excluding hydrogens is 296 g/mol. The van der Waals surface area contributed by atoms with Crippen molar-refractivity contribution >= 4 is 5.78 Å². The van der Waals surface area contributed by atoms with Gasteiger partial charge in [-0.15, -0.1) is 0 Å². The van der Waals surface area contributed by atoms with Gasteiger partial charge in [-0.05, 0) is 87.5 Å². The molecule has 0 aromatic rings. The predicted octanol–water partition coefficient (Wildman–Crippen LogP) is 5.05. The van der Waals surface area contributed by atoms with Crippen LogP contribution in [0.1, 0.15) is 84.5 Å². The van der Waals surface area contributed by atoms with E-state index in [9.17, 15) is 9.90 Å². The van der Waals surface area contributed by atoms with Crippen LogP contribution in [0.15, 0.2) is 11.6 Å². The van der Waals surface area contributed by atoms with Crippen molar-refractivity contribution < 1.29 is 9.90 Å². The second-order valence-corrected chi connectivity index (χ2v) is 9.17. The van der Waals surface area contributed by atoms with E-state index in [-0.39, 0.29) is 5.41 Å². The lowest BCUT2D eigenvalue weighted by molar-refractivity contribution is -0.135. The predicted molar refractivity (Wildman–Crippen MR) is 96.6 cm³/mol. The fourth-order valence-electron chi connectivity index (χ4n) is 7.63. The summed E-state index contributed by atoms with van der Waals surface area (Å²) in [6.45, 7) is 4.49. The van der Waals surface area contributed by atoms with E-state index in [0.717, 1.165) is 49.9 Å². The molecule has 0 radical (unpaired) electrons. The van der Waals surface area contributed by atoms with E-state index in [0.29, 0.717) is 11.7 Å². The van der Waals surface area contributed by atoms with E-state index in [1.807, 2.05) is 6.08 Å². The zero-order valence-electron chi connectivity index (χ0n) is 15.5. The first-order chi connectivity index (χ1) is 11.5. The molecule has 134 valence electrons. The molecule has 24 heavy (non-hydrogen) atoms. The van der Waals surface area contributed by atoms with Crippen LogP contribution in [-0.2, 0) is 4.79 Å². The van der Waals surface area contributed by atoms with Gasteiger partial charge in [-0.2, -0.15) is 0 Å². The maximum Gasteiger partial charge on any atom is 0.155 e. The van der Waals surface area contributed by atoms with Crippen molar-refractivity contribution in [3.63, 3.8) is 0 Å². The maximum absolute atomic E-state index is 11.8. The van der Waals surface area contributed by atoms with E-state index in [4.69, 9.17) is 0 Å². The van der Waals surface area contributed by atoms with E-state index in [1.54, 1.807) is 0 Å². The minimum absolute atomic E-state index is 0.184. The van der Waals surface area contributed by atoms with Crippen molar-refractivity contribution in [2.24, 2.45) is 29.1 Å². The Morgan fingerprint density at radius 2 is 1.92 bits per heavy atom. The molecule has 0 saturated heterocycles. The number of rotatable bonds is 3. The topological polar surface area (TPSA) is 37.3 Å². The Bertz CT molecular complexity index is 550. The lowest BCUT2D eigenvalue weighted by atomic mass is 9.49. The number of hydrogen-bond donors (Lipinski definition) is 1. The Labute approximate surface area is 147 Å². The van der Waals surface area contributed by atoms with Crippen molar-refractivity contribution in [1.82, 2.24) is 0 Å². The Kier molecular flexibility index (Phi) is 4.18. The first-order valence-corrected chi connectivity index (χ1v) is 10.5. The lowest BCUT2D eigenvalue weighted by Crippen LogP contribution is -2.54. The molecule has 4 rings (SSSR count). The van der Waals surface area contributed by atoms with Crippen LogP contribution >= 0.6 is 0 Å². The maximum atomic E-state index is 11.8. The molecule has 0 heterocycles. The number of aliphatic hydroxyl groups is 1. The molecule has 3 fully saturated rings. The van der Waals surface area contributed by atoms with Gasteiger partial charge >= 0.3 is 0 Å². The van der Waals surface area contributed by atoms with Gasteiger partial charge in [0.25, 0.3) is 0 Å². The van der Waals surface area contributed by atoms with Crippen molar-refractivity contribution in [2.75, 3.05) is 0 Å². The molecule has 3 saturated carbocycles. The van der Waals surface area contributed by atoms with Crippen LogP contribution in [0.2, 0.25) is 0 Å². The average Bonchev–Trinajstić information content (AvgIpc) is 2.88. The Morgan fingerprint density at radius 1 is 1.08 bits per heavy atom.